The maximum atomic E-state index is 11.4. The predicted octanol–water partition coefficient (Wildman–Crippen LogP) is 1.24. The molecule has 2 unspecified atom stereocenters. The Kier molecular flexibility index (Phi) is 3.50. The zero-order valence-corrected chi connectivity index (χ0v) is 11.8. The summed E-state index contributed by atoms with van der Waals surface area (Å²) in [5.74, 6) is -0.649. The Balaban J connectivity index is 1.91. The Morgan fingerprint density at radius 2 is 2.29 bits per heavy atom. The Labute approximate surface area is 121 Å². The van der Waals surface area contributed by atoms with Gasteiger partial charge in [-0.15, -0.1) is 0 Å². The lowest BCUT2D eigenvalue weighted by Crippen LogP contribution is -2.15. The minimum Gasteiger partial charge on any atom is -0.478 e. The van der Waals surface area contributed by atoms with Crippen molar-refractivity contribution in [2.75, 3.05) is 11.9 Å². The first-order valence-electron chi connectivity index (χ1n) is 7.02. The lowest BCUT2D eigenvalue weighted by molar-refractivity contribution is 0.0697. The number of nitrogens with zero attached hydrogens (tertiary/aromatic N) is 3. The molecule has 1 aliphatic carbocycles. The first kappa shape index (κ1) is 13.8. The molecule has 1 fully saturated rings. The number of carboxylic acids is 1. The summed E-state index contributed by atoms with van der Waals surface area (Å²) >= 11 is 0. The highest BCUT2D eigenvalue weighted by molar-refractivity contribution is 6.03. The van der Waals surface area contributed by atoms with Crippen molar-refractivity contribution in [1.29, 1.82) is 0 Å². The lowest BCUT2D eigenvalue weighted by Gasteiger charge is -2.14. The molecule has 2 aromatic heterocycles. The van der Waals surface area contributed by atoms with E-state index >= 15 is 0 Å². The molecule has 2 atom stereocenters. The van der Waals surface area contributed by atoms with Gasteiger partial charge in [-0.3, -0.25) is 4.68 Å². The van der Waals surface area contributed by atoms with Crippen LogP contribution in [0.15, 0.2) is 12.4 Å². The van der Waals surface area contributed by atoms with E-state index in [2.05, 4.69) is 15.4 Å². The van der Waals surface area contributed by atoms with Crippen LogP contribution in [0.1, 0.15) is 29.6 Å². The quantitative estimate of drug-likeness (QED) is 0.783. The lowest BCUT2D eigenvalue weighted by atomic mass is 10.1. The summed E-state index contributed by atoms with van der Waals surface area (Å²) in [6.07, 6.45) is 5.29. The van der Waals surface area contributed by atoms with Gasteiger partial charge in [-0.25, -0.2) is 9.78 Å². The van der Waals surface area contributed by atoms with E-state index in [0.717, 1.165) is 19.3 Å². The second-order valence-electron chi connectivity index (χ2n) is 5.57. The van der Waals surface area contributed by atoms with Gasteiger partial charge < -0.3 is 15.5 Å². The van der Waals surface area contributed by atoms with Crippen LogP contribution in [-0.4, -0.2) is 43.6 Å². The van der Waals surface area contributed by atoms with Crippen LogP contribution in [0.5, 0.6) is 0 Å². The third-order valence-corrected chi connectivity index (χ3v) is 4.07. The van der Waals surface area contributed by atoms with Gasteiger partial charge in [0.25, 0.3) is 0 Å². The Morgan fingerprint density at radius 3 is 2.95 bits per heavy atom. The van der Waals surface area contributed by atoms with Crippen molar-refractivity contribution < 1.29 is 15.0 Å². The van der Waals surface area contributed by atoms with Crippen LogP contribution >= 0.6 is 0 Å². The number of hydrogen-bond donors (Lipinski definition) is 3. The summed E-state index contributed by atoms with van der Waals surface area (Å²) in [4.78, 5) is 15.5. The number of fused-ring (bicyclic) bond motifs is 1. The number of rotatable bonds is 4. The van der Waals surface area contributed by atoms with Crippen LogP contribution in [0.4, 0.5) is 5.69 Å². The molecule has 7 nitrogen and oxygen atoms in total. The van der Waals surface area contributed by atoms with Gasteiger partial charge in [0.05, 0.1) is 23.4 Å². The SMILES string of the molecule is Cn1ncc2c(NCC3CCC(O)C3)c(C(=O)O)cnc21. The van der Waals surface area contributed by atoms with Crippen molar-refractivity contribution >= 4 is 22.7 Å². The molecule has 0 aliphatic heterocycles. The van der Waals surface area contributed by atoms with E-state index in [-0.39, 0.29) is 11.7 Å². The standard InChI is InChI=1S/C14H18N4O3/c1-18-13-10(7-17-18)12(11(6-16-13)14(20)21)15-5-8-2-3-9(19)4-8/h6-9,19H,2-5H2,1H3,(H,15,16)(H,20,21). The first-order chi connectivity index (χ1) is 10.1. The highest BCUT2D eigenvalue weighted by Gasteiger charge is 2.24. The number of aromatic nitrogens is 3. The minimum atomic E-state index is -1.01. The van der Waals surface area contributed by atoms with Gasteiger partial charge in [0.1, 0.15) is 5.56 Å². The number of carboxylic acid groups (broad SMARTS) is 1. The fourth-order valence-corrected chi connectivity index (χ4v) is 2.93. The number of anilines is 1. The maximum Gasteiger partial charge on any atom is 0.339 e. The van der Waals surface area contributed by atoms with Crippen molar-refractivity contribution in [3.63, 3.8) is 0 Å². The summed E-state index contributed by atoms with van der Waals surface area (Å²) in [5.41, 5.74) is 1.35. The third-order valence-electron chi connectivity index (χ3n) is 4.07. The summed E-state index contributed by atoms with van der Waals surface area (Å²) in [6.45, 7) is 0.644. The Hall–Kier alpha value is -2.15. The van der Waals surface area contributed by atoms with Gasteiger partial charge in [0, 0.05) is 19.8 Å². The third kappa shape index (κ3) is 2.56. The number of aliphatic hydroxyl groups excluding tert-OH is 1. The smallest absolute Gasteiger partial charge is 0.339 e. The zero-order valence-electron chi connectivity index (χ0n) is 11.8. The summed E-state index contributed by atoms with van der Waals surface area (Å²) in [7, 11) is 1.77. The van der Waals surface area contributed by atoms with Gasteiger partial charge in [0.15, 0.2) is 5.65 Å². The molecule has 7 heteroatoms. The molecule has 3 N–H and O–H groups in total. The fourth-order valence-electron chi connectivity index (χ4n) is 2.93. The first-order valence-corrected chi connectivity index (χ1v) is 7.02. The highest BCUT2D eigenvalue weighted by Crippen LogP contribution is 2.29. The van der Waals surface area contributed by atoms with E-state index in [4.69, 9.17) is 0 Å². The average molecular weight is 290 g/mol. The molecule has 0 saturated heterocycles. The van der Waals surface area contributed by atoms with Gasteiger partial charge in [-0.05, 0) is 25.2 Å². The number of carbonyl (C=O) groups is 1. The molecule has 112 valence electrons. The van der Waals surface area contributed by atoms with Crippen molar-refractivity contribution in [2.45, 2.75) is 25.4 Å². The van der Waals surface area contributed by atoms with E-state index in [1.54, 1.807) is 17.9 Å². The largest absolute Gasteiger partial charge is 0.478 e. The number of aromatic carboxylic acids is 1. The molecule has 0 radical (unpaired) electrons. The van der Waals surface area contributed by atoms with Crippen LogP contribution in [0.2, 0.25) is 0 Å². The molecule has 0 aromatic carbocycles. The second kappa shape index (κ2) is 5.33. The van der Waals surface area contributed by atoms with Crippen LogP contribution in [0.25, 0.3) is 11.0 Å². The predicted molar refractivity (Wildman–Crippen MR) is 77.3 cm³/mol. The second-order valence-corrected chi connectivity index (χ2v) is 5.57. The molecular weight excluding hydrogens is 272 g/mol. The van der Waals surface area contributed by atoms with Crippen molar-refractivity contribution in [1.82, 2.24) is 14.8 Å². The van der Waals surface area contributed by atoms with Crippen LogP contribution in [0.3, 0.4) is 0 Å². The fraction of sp³-hybridized carbons (Fsp3) is 0.500. The van der Waals surface area contributed by atoms with E-state index < -0.39 is 5.97 Å². The van der Waals surface area contributed by atoms with E-state index in [1.807, 2.05) is 0 Å². The van der Waals surface area contributed by atoms with Gasteiger partial charge in [0.2, 0.25) is 0 Å². The summed E-state index contributed by atoms with van der Waals surface area (Å²) in [5, 5.41) is 27.0. The number of aliphatic hydroxyl groups is 1. The van der Waals surface area contributed by atoms with Crippen LogP contribution < -0.4 is 5.32 Å². The number of aryl methyl sites for hydroxylation is 1. The number of nitrogens with one attached hydrogen (secondary N) is 1. The Morgan fingerprint density at radius 1 is 1.48 bits per heavy atom. The average Bonchev–Trinajstić information content (AvgIpc) is 3.03. The van der Waals surface area contributed by atoms with Crippen molar-refractivity contribution in [3.05, 3.63) is 18.0 Å². The molecule has 0 spiro atoms. The molecule has 0 amide bonds. The van der Waals surface area contributed by atoms with Gasteiger partial charge in [-0.2, -0.15) is 5.10 Å². The van der Waals surface area contributed by atoms with E-state index in [0.29, 0.717) is 29.2 Å². The molecule has 0 bridgehead atoms. The molecular formula is C14H18N4O3. The summed E-state index contributed by atoms with van der Waals surface area (Å²) in [6, 6.07) is 0. The number of pyridine rings is 1. The van der Waals surface area contributed by atoms with Crippen LogP contribution in [0, 0.1) is 5.92 Å². The zero-order chi connectivity index (χ0) is 15.0. The maximum absolute atomic E-state index is 11.4. The topological polar surface area (TPSA) is 100 Å². The molecule has 21 heavy (non-hydrogen) atoms. The van der Waals surface area contributed by atoms with Crippen molar-refractivity contribution in [3.8, 4) is 0 Å². The van der Waals surface area contributed by atoms with E-state index in [1.165, 1.54) is 6.20 Å². The monoisotopic (exact) mass is 290 g/mol. The Bertz CT molecular complexity index is 682. The molecule has 2 aromatic rings. The highest BCUT2D eigenvalue weighted by atomic mass is 16.4. The van der Waals surface area contributed by atoms with Gasteiger partial charge >= 0.3 is 5.97 Å². The van der Waals surface area contributed by atoms with Gasteiger partial charge in [-0.1, -0.05) is 0 Å². The van der Waals surface area contributed by atoms with Crippen molar-refractivity contribution in [2.24, 2.45) is 13.0 Å². The van der Waals surface area contributed by atoms with E-state index in [9.17, 15) is 15.0 Å². The molecule has 1 saturated carbocycles. The number of hydrogen-bond acceptors (Lipinski definition) is 5. The minimum absolute atomic E-state index is 0.147. The van der Waals surface area contributed by atoms with Crippen LogP contribution in [-0.2, 0) is 7.05 Å². The normalized spacial score (nSPS) is 21.8. The molecule has 2 heterocycles. The summed E-state index contributed by atoms with van der Waals surface area (Å²) < 4.78 is 1.62. The molecule has 3 rings (SSSR count). The molecule has 1 aliphatic rings.